The highest BCUT2D eigenvalue weighted by Crippen LogP contribution is 2.19. The van der Waals surface area contributed by atoms with Gasteiger partial charge in [0.2, 0.25) is 11.8 Å². The van der Waals surface area contributed by atoms with Crippen molar-refractivity contribution < 1.29 is 34.1 Å². The van der Waals surface area contributed by atoms with Crippen molar-refractivity contribution in [1.29, 1.82) is 0 Å². The highest BCUT2D eigenvalue weighted by atomic mass is 16.5. The van der Waals surface area contributed by atoms with Crippen molar-refractivity contribution in [3.05, 3.63) is 48.6 Å². The Balaban J connectivity index is 4.27. The average molecular weight is 801 g/mol. The predicted molar refractivity (Wildman–Crippen MR) is 236 cm³/mol. The van der Waals surface area contributed by atoms with E-state index in [1.54, 1.807) is 0 Å². The van der Waals surface area contributed by atoms with E-state index in [0.717, 1.165) is 89.9 Å². The minimum atomic E-state index is -1.38. The first-order valence-electron chi connectivity index (χ1n) is 23.0. The van der Waals surface area contributed by atoms with Crippen LogP contribution < -0.4 is 10.6 Å². The van der Waals surface area contributed by atoms with Crippen molar-refractivity contribution in [3.63, 3.8) is 0 Å². The van der Waals surface area contributed by atoms with Gasteiger partial charge in [-0.1, -0.05) is 165 Å². The van der Waals surface area contributed by atoms with Gasteiger partial charge in [-0.3, -0.25) is 14.4 Å². The van der Waals surface area contributed by atoms with Crippen LogP contribution in [0, 0.1) is 0 Å². The van der Waals surface area contributed by atoms with Crippen LogP contribution in [-0.2, 0) is 23.9 Å². The van der Waals surface area contributed by atoms with Crippen molar-refractivity contribution in [1.82, 2.24) is 10.6 Å². The van der Waals surface area contributed by atoms with E-state index in [9.17, 15) is 19.2 Å². The number of hydrogen-bond donors (Lipinski definition) is 4. The SMILES string of the molecule is CC/C=C\C/C=C\C/C=C\C/C=C\CCCCCCCCC(=O)OC(CCCCCCCCCCCC)CCCCCCCC(=O)NCC(=O)NC(CO)C(=O)O. The van der Waals surface area contributed by atoms with Crippen LogP contribution in [0.1, 0.15) is 206 Å². The minimum Gasteiger partial charge on any atom is -0.480 e. The van der Waals surface area contributed by atoms with Crippen molar-refractivity contribution in [2.45, 2.75) is 219 Å². The molecule has 2 atom stereocenters. The van der Waals surface area contributed by atoms with Crippen molar-refractivity contribution in [2.75, 3.05) is 13.2 Å². The van der Waals surface area contributed by atoms with Crippen molar-refractivity contribution >= 4 is 23.8 Å². The van der Waals surface area contributed by atoms with E-state index < -0.39 is 24.5 Å². The summed E-state index contributed by atoms with van der Waals surface area (Å²) in [6.07, 6.45) is 49.9. The summed E-state index contributed by atoms with van der Waals surface area (Å²) in [6, 6.07) is -1.38. The topological polar surface area (TPSA) is 142 Å². The number of rotatable bonds is 41. The minimum absolute atomic E-state index is 0.0200. The molecule has 9 nitrogen and oxygen atoms in total. The molecule has 2 amide bonds. The lowest BCUT2D eigenvalue weighted by Crippen LogP contribution is -2.47. The van der Waals surface area contributed by atoms with Crippen LogP contribution in [0.2, 0.25) is 0 Å². The Bertz CT molecular complexity index is 1100. The van der Waals surface area contributed by atoms with Crippen LogP contribution in [0.25, 0.3) is 0 Å². The van der Waals surface area contributed by atoms with E-state index in [-0.39, 0.29) is 24.5 Å². The second kappa shape index (κ2) is 42.4. The Hall–Kier alpha value is -3.20. The van der Waals surface area contributed by atoms with E-state index in [1.165, 1.54) is 83.5 Å². The van der Waals surface area contributed by atoms with Crippen molar-refractivity contribution in [3.8, 4) is 0 Å². The fourth-order valence-corrected chi connectivity index (χ4v) is 6.59. The summed E-state index contributed by atoms with van der Waals surface area (Å²) in [7, 11) is 0. The highest BCUT2D eigenvalue weighted by Gasteiger charge is 2.19. The molecule has 0 rings (SSSR count). The van der Waals surface area contributed by atoms with Gasteiger partial charge in [0.05, 0.1) is 13.2 Å². The molecule has 0 radical (unpaired) electrons. The lowest BCUT2D eigenvalue weighted by atomic mass is 10.0. The van der Waals surface area contributed by atoms with Gasteiger partial charge in [0.25, 0.3) is 0 Å². The zero-order valence-electron chi connectivity index (χ0n) is 36.3. The molecule has 9 heteroatoms. The number of carbonyl (C=O) groups is 4. The van der Waals surface area contributed by atoms with Gasteiger partial charge in [-0.05, 0) is 77.0 Å². The number of aliphatic hydroxyl groups is 1. The first kappa shape index (κ1) is 53.8. The standard InChI is InChI=1S/C48H84N2O7/c1-3-5-7-9-11-13-15-16-17-18-19-20-21-22-23-25-27-32-36-40-47(54)57-43(37-33-29-26-24-14-12-10-8-6-4-2)38-34-30-28-31-35-39-45(52)49-41-46(53)50-44(42-51)48(55)56/h5,7,11,13,16-17,19-20,43-44,51H,3-4,6,8-10,12,14-15,18,21-42H2,1-2H3,(H,49,52)(H,50,53)(H,55,56)/b7-5-,13-11-,17-16-,20-19-. The number of amides is 2. The van der Waals surface area contributed by atoms with Crippen LogP contribution in [0.3, 0.4) is 0 Å². The van der Waals surface area contributed by atoms with Gasteiger partial charge in [-0.2, -0.15) is 0 Å². The Morgan fingerprint density at radius 1 is 0.544 bits per heavy atom. The Labute approximate surface area is 348 Å². The third-order valence-electron chi connectivity index (χ3n) is 10.1. The summed E-state index contributed by atoms with van der Waals surface area (Å²) in [5.74, 6) is -2.30. The molecule has 0 aliphatic carbocycles. The monoisotopic (exact) mass is 801 g/mol. The third kappa shape index (κ3) is 39.4. The van der Waals surface area contributed by atoms with Crippen LogP contribution in [-0.4, -0.2) is 59.3 Å². The lowest BCUT2D eigenvalue weighted by molar-refractivity contribution is -0.150. The average Bonchev–Trinajstić information content (AvgIpc) is 3.20. The molecule has 0 aliphatic rings. The number of carbonyl (C=O) groups excluding carboxylic acids is 3. The number of aliphatic carboxylic acids is 1. The number of aliphatic hydroxyl groups excluding tert-OH is 1. The Morgan fingerprint density at radius 3 is 1.51 bits per heavy atom. The number of hydrogen-bond acceptors (Lipinski definition) is 6. The summed E-state index contributed by atoms with van der Waals surface area (Å²) in [6.45, 7) is 3.37. The normalized spacial score (nSPS) is 12.9. The summed E-state index contributed by atoms with van der Waals surface area (Å²) < 4.78 is 6.03. The zero-order valence-corrected chi connectivity index (χ0v) is 36.3. The molecule has 0 heterocycles. The predicted octanol–water partition coefficient (Wildman–Crippen LogP) is 11.5. The summed E-state index contributed by atoms with van der Waals surface area (Å²) in [4.78, 5) is 47.6. The summed E-state index contributed by atoms with van der Waals surface area (Å²) >= 11 is 0. The molecule has 0 saturated heterocycles. The van der Waals surface area contributed by atoms with Crippen LogP contribution in [0.15, 0.2) is 48.6 Å². The lowest BCUT2D eigenvalue weighted by Gasteiger charge is -2.18. The van der Waals surface area contributed by atoms with Crippen LogP contribution >= 0.6 is 0 Å². The smallest absolute Gasteiger partial charge is 0.328 e. The molecule has 0 spiro atoms. The first-order valence-corrected chi connectivity index (χ1v) is 23.0. The largest absolute Gasteiger partial charge is 0.480 e. The van der Waals surface area contributed by atoms with Crippen LogP contribution in [0.5, 0.6) is 0 Å². The van der Waals surface area contributed by atoms with Gasteiger partial charge >= 0.3 is 11.9 Å². The fourth-order valence-electron chi connectivity index (χ4n) is 6.59. The maximum absolute atomic E-state index is 12.8. The third-order valence-corrected chi connectivity index (χ3v) is 10.1. The first-order chi connectivity index (χ1) is 27.8. The van der Waals surface area contributed by atoms with Gasteiger partial charge < -0.3 is 25.6 Å². The molecule has 0 aromatic carbocycles. The van der Waals surface area contributed by atoms with Gasteiger partial charge in [-0.25, -0.2) is 4.79 Å². The number of ether oxygens (including phenoxy) is 1. The zero-order chi connectivity index (χ0) is 41.9. The Kier molecular flexibility index (Phi) is 40.0. The van der Waals surface area contributed by atoms with E-state index >= 15 is 0 Å². The molecular weight excluding hydrogens is 717 g/mol. The quantitative estimate of drug-likeness (QED) is 0.0274. The molecule has 0 aliphatic heterocycles. The number of carboxylic acid groups (broad SMARTS) is 1. The molecule has 4 N–H and O–H groups in total. The molecule has 2 unspecified atom stereocenters. The Morgan fingerprint density at radius 2 is 1.00 bits per heavy atom. The number of nitrogens with one attached hydrogen (secondary N) is 2. The maximum Gasteiger partial charge on any atom is 0.328 e. The van der Waals surface area contributed by atoms with E-state index in [4.69, 9.17) is 14.9 Å². The molecule has 0 saturated carbocycles. The number of unbranched alkanes of at least 4 members (excludes halogenated alkanes) is 19. The van der Waals surface area contributed by atoms with Gasteiger partial charge in [0.15, 0.2) is 0 Å². The van der Waals surface area contributed by atoms with Crippen LogP contribution in [0.4, 0.5) is 0 Å². The molecule has 0 fully saturated rings. The van der Waals surface area contributed by atoms with Gasteiger partial charge in [0, 0.05) is 12.8 Å². The molecule has 0 aromatic heterocycles. The van der Waals surface area contributed by atoms with E-state index in [1.807, 2.05) is 0 Å². The number of carboxylic acids is 1. The molecular formula is C48H84N2O7. The maximum atomic E-state index is 12.8. The molecule has 328 valence electrons. The summed E-state index contributed by atoms with van der Waals surface area (Å²) in [5.41, 5.74) is 0. The van der Waals surface area contributed by atoms with E-state index in [2.05, 4.69) is 73.1 Å². The molecule has 57 heavy (non-hydrogen) atoms. The second-order valence-corrected chi connectivity index (χ2v) is 15.5. The highest BCUT2D eigenvalue weighted by molar-refractivity contribution is 5.87. The van der Waals surface area contributed by atoms with Crippen molar-refractivity contribution in [2.24, 2.45) is 0 Å². The molecule has 0 bridgehead atoms. The van der Waals surface area contributed by atoms with E-state index in [0.29, 0.717) is 19.3 Å². The molecule has 0 aromatic rings. The van der Waals surface area contributed by atoms with Gasteiger partial charge in [-0.15, -0.1) is 0 Å². The number of esters is 1. The van der Waals surface area contributed by atoms with Gasteiger partial charge in [0.1, 0.15) is 12.1 Å². The fraction of sp³-hybridized carbons (Fsp3) is 0.750. The number of allylic oxidation sites excluding steroid dienone is 8. The second-order valence-electron chi connectivity index (χ2n) is 15.5. The summed E-state index contributed by atoms with van der Waals surface area (Å²) in [5, 5.41) is 22.6.